The first-order chi connectivity index (χ1) is 12.9. The summed E-state index contributed by atoms with van der Waals surface area (Å²) in [6, 6.07) is 12.9. The second kappa shape index (κ2) is 8.33. The van der Waals surface area contributed by atoms with Gasteiger partial charge in [-0.1, -0.05) is 30.3 Å². The van der Waals surface area contributed by atoms with E-state index in [1.807, 2.05) is 30.3 Å². The van der Waals surface area contributed by atoms with E-state index in [0.29, 0.717) is 23.5 Å². The Balaban J connectivity index is 1.55. The van der Waals surface area contributed by atoms with Gasteiger partial charge in [0, 0.05) is 12.1 Å². The molecule has 3 unspecified atom stereocenters. The van der Waals surface area contributed by atoms with Crippen LogP contribution in [0.5, 0.6) is 0 Å². The number of ether oxygens (including phenoxy) is 1. The number of aliphatic hydroxyl groups is 3. The predicted octanol–water partition coefficient (Wildman–Crippen LogP) is 1.32. The fraction of sp³-hybridized carbons (Fsp3) is 0.450. The first kappa shape index (κ1) is 19.7. The molecule has 4 N–H and O–H groups in total. The standard InChI is InChI=1S/C20H25NO6/c1-12-17(22)19(24)18(23)16(27-12)7-4-10-21(26)20(25)15-9-8-13-5-2-3-6-14(13)11-15/h2-3,5-6,8-9,11-12,16-19,22-24,26H,4,7,10H2,1H3/t12?,16-,17+,18?,19?/m0/s1. The minimum Gasteiger partial charge on any atom is -0.388 e. The molecule has 0 saturated carbocycles. The van der Waals surface area contributed by atoms with Gasteiger partial charge in [-0.15, -0.1) is 0 Å². The fourth-order valence-electron chi connectivity index (χ4n) is 3.39. The SMILES string of the molecule is CC1O[C@@H](CCCN(O)C(=O)c2ccc3ccccc3c2)C(O)C(O)[C@@H]1O. The van der Waals surface area contributed by atoms with Crippen LogP contribution in [0.4, 0.5) is 0 Å². The Morgan fingerprint density at radius 2 is 1.74 bits per heavy atom. The molecule has 0 bridgehead atoms. The minimum absolute atomic E-state index is 0.0608. The van der Waals surface area contributed by atoms with E-state index in [1.165, 1.54) is 0 Å². The van der Waals surface area contributed by atoms with E-state index in [-0.39, 0.29) is 6.54 Å². The zero-order chi connectivity index (χ0) is 19.6. The third kappa shape index (κ3) is 4.28. The van der Waals surface area contributed by atoms with Gasteiger partial charge in [-0.2, -0.15) is 0 Å². The maximum Gasteiger partial charge on any atom is 0.277 e. The highest BCUT2D eigenvalue weighted by Gasteiger charge is 2.41. The van der Waals surface area contributed by atoms with Crippen molar-refractivity contribution in [2.75, 3.05) is 6.54 Å². The first-order valence-corrected chi connectivity index (χ1v) is 9.07. The van der Waals surface area contributed by atoms with Crippen LogP contribution in [-0.4, -0.2) is 68.6 Å². The summed E-state index contributed by atoms with van der Waals surface area (Å²) in [5, 5.41) is 42.2. The third-order valence-electron chi connectivity index (χ3n) is 5.04. The van der Waals surface area contributed by atoms with Crippen molar-refractivity contribution in [1.82, 2.24) is 5.06 Å². The molecule has 2 aromatic rings. The van der Waals surface area contributed by atoms with Gasteiger partial charge in [-0.25, -0.2) is 5.06 Å². The van der Waals surface area contributed by atoms with Gasteiger partial charge < -0.3 is 20.1 Å². The van der Waals surface area contributed by atoms with Crippen LogP contribution in [0.3, 0.4) is 0 Å². The van der Waals surface area contributed by atoms with Crippen LogP contribution < -0.4 is 0 Å². The van der Waals surface area contributed by atoms with Crippen LogP contribution in [0.25, 0.3) is 10.8 Å². The number of hydroxylamine groups is 2. The summed E-state index contributed by atoms with van der Waals surface area (Å²) in [4.78, 5) is 12.4. The molecule has 2 aromatic carbocycles. The van der Waals surface area contributed by atoms with Crippen molar-refractivity contribution in [3.05, 3.63) is 48.0 Å². The van der Waals surface area contributed by atoms with Crippen molar-refractivity contribution in [3.63, 3.8) is 0 Å². The van der Waals surface area contributed by atoms with Crippen molar-refractivity contribution >= 4 is 16.7 Å². The number of amides is 1. The molecule has 1 aliphatic heterocycles. The lowest BCUT2D eigenvalue weighted by atomic mass is 9.93. The Labute approximate surface area is 157 Å². The summed E-state index contributed by atoms with van der Waals surface area (Å²) in [6.07, 6.45) is -4.19. The van der Waals surface area contributed by atoms with Gasteiger partial charge >= 0.3 is 0 Å². The Hall–Kier alpha value is -2.03. The highest BCUT2D eigenvalue weighted by atomic mass is 16.5. The number of fused-ring (bicyclic) bond motifs is 1. The molecule has 27 heavy (non-hydrogen) atoms. The van der Waals surface area contributed by atoms with Crippen molar-refractivity contribution < 1.29 is 30.1 Å². The van der Waals surface area contributed by atoms with Gasteiger partial charge in [-0.3, -0.25) is 10.0 Å². The highest BCUT2D eigenvalue weighted by molar-refractivity contribution is 5.98. The molecule has 1 fully saturated rings. The lowest BCUT2D eigenvalue weighted by Gasteiger charge is -2.39. The number of hydrogen-bond acceptors (Lipinski definition) is 6. The molecular formula is C20H25NO6. The van der Waals surface area contributed by atoms with Crippen LogP contribution in [-0.2, 0) is 4.74 Å². The van der Waals surface area contributed by atoms with Crippen molar-refractivity contribution in [3.8, 4) is 0 Å². The Kier molecular flexibility index (Phi) is 6.08. The smallest absolute Gasteiger partial charge is 0.277 e. The number of hydrogen-bond donors (Lipinski definition) is 4. The minimum atomic E-state index is -1.27. The highest BCUT2D eigenvalue weighted by Crippen LogP contribution is 2.24. The van der Waals surface area contributed by atoms with E-state index in [2.05, 4.69) is 0 Å². The van der Waals surface area contributed by atoms with Crippen molar-refractivity contribution in [2.45, 2.75) is 50.3 Å². The van der Waals surface area contributed by atoms with Crippen LogP contribution in [0.1, 0.15) is 30.1 Å². The topological polar surface area (TPSA) is 110 Å². The predicted molar refractivity (Wildman–Crippen MR) is 98.4 cm³/mol. The monoisotopic (exact) mass is 375 g/mol. The van der Waals surface area contributed by atoms with E-state index in [0.717, 1.165) is 10.8 Å². The molecule has 1 saturated heterocycles. The molecule has 7 nitrogen and oxygen atoms in total. The fourth-order valence-corrected chi connectivity index (χ4v) is 3.39. The second-order valence-corrected chi connectivity index (χ2v) is 6.98. The summed E-state index contributed by atoms with van der Waals surface area (Å²) in [5.74, 6) is -0.505. The van der Waals surface area contributed by atoms with Gasteiger partial charge in [0.2, 0.25) is 0 Å². The quantitative estimate of drug-likeness (QED) is 0.463. The second-order valence-electron chi connectivity index (χ2n) is 6.98. The molecule has 1 heterocycles. The molecule has 0 radical (unpaired) electrons. The average Bonchev–Trinajstić information content (AvgIpc) is 2.69. The summed E-state index contributed by atoms with van der Waals surface area (Å²) < 4.78 is 5.51. The number of carbonyl (C=O) groups is 1. The van der Waals surface area contributed by atoms with E-state index in [1.54, 1.807) is 19.1 Å². The van der Waals surface area contributed by atoms with Gasteiger partial charge in [0.25, 0.3) is 5.91 Å². The summed E-state index contributed by atoms with van der Waals surface area (Å²) in [6.45, 7) is 1.68. The van der Waals surface area contributed by atoms with Crippen LogP contribution >= 0.6 is 0 Å². The molecule has 0 spiro atoms. The molecule has 1 amide bonds. The number of aliphatic hydroxyl groups excluding tert-OH is 3. The van der Waals surface area contributed by atoms with Crippen LogP contribution in [0.15, 0.2) is 42.5 Å². The summed E-state index contributed by atoms with van der Waals surface area (Å²) in [7, 11) is 0. The third-order valence-corrected chi connectivity index (χ3v) is 5.04. The largest absolute Gasteiger partial charge is 0.388 e. The molecule has 5 atom stereocenters. The Bertz CT molecular complexity index is 797. The van der Waals surface area contributed by atoms with E-state index in [9.17, 15) is 25.3 Å². The van der Waals surface area contributed by atoms with Gasteiger partial charge in [0.15, 0.2) is 0 Å². The van der Waals surface area contributed by atoms with Gasteiger partial charge in [-0.05, 0) is 42.7 Å². The lowest BCUT2D eigenvalue weighted by Crippen LogP contribution is -2.56. The number of carbonyl (C=O) groups excluding carboxylic acids is 1. The molecule has 0 aliphatic carbocycles. The van der Waals surface area contributed by atoms with Crippen molar-refractivity contribution in [1.29, 1.82) is 0 Å². The molecule has 0 aromatic heterocycles. The Morgan fingerprint density at radius 1 is 1.04 bits per heavy atom. The zero-order valence-electron chi connectivity index (χ0n) is 15.1. The molecule has 146 valence electrons. The maximum atomic E-state index is 12.4. The van der Waals surface area contributed by atoms with E-state index >= 15 is 0 Å². The molecule has 7 heteroatoms. The normalized spacial score (nSPS) is 28.3. The maximum absolute atomic E-state index is 12.4. The Morgan fingerprint density at radius 3 is 2.48 bits per heavy atom. The molecular weight excluding hydrogens is 350 g/mol. The number of rotatable bonds is 5. The van der Waals surface area contributed by atoms with Gasteiger partial charge in [0.1, 0.15) is 18.3 Å². The average molecular weight is 375 g/mol. The number of benzene rings is 2. The lowest BCUT2D eigenvalue weighted by molar-refractivity contribution is -0.219. The molecule has 1 aliphatic rings. The van der Waals surface area contributed by atoms with Crippen LogP contribution in [0, 0.1) is 0 Å². The summed E-state index contributed by atoms with van der Waals surface area (Å²) in [5.41, 5.74) is 0.386. The summed E-state index contributed by atoms with van der Waals surface area (Å²) >= 11 is 0. The number of nitrogens with zero attached hydrogens (tertiary/aromatic N) is 1. The zero-order valence-corrected chi connectivity index (χ0v) is 15.1. The van der Waals surface area contributed by atoms with Crippen LogP contribution in [0.2, 0.25) is 0 Å². The van der Waals surface area contributed by atoms with E-state index < -0.39 is 36.4 Å². The van der Waals surface area contributed by atoms with E-state index in [4.69, 9.17) is 4.74 Å². The molecule has 3 rings (SSSR count). The first-order valence-electron chi connectivity index (χ1n) is 9.07. The van der Waals surface area contributed by atoms with Crippen molar-refractivity contribution in [2.24, 2.45) is 0 Å². The van der Waals surface area contributed by atoms with Gasteiger partial charge in [0.05, 0.1) is 12.2 Å².